The summed E-state index contributed by atoms with van der Waals surface area (Å²) in [6, 6.07) is 13.9. The number of carbonyl (C=O) groups is 2. The van der Waals surface area contributed by atoms with Crippen LogP contribution in [0.25, 0.3) is 11.1 Å². The number of ether oxygens (including phenoxy) is 3. The Morgan fingerprint density at radius 1 is 0.976 bits per heavy atom. The van der Waals surface area contributed by atoms with Gasteiger partial charge in [0.25, 0.3) is 5.91 Å². The number of benzene rings is 2. The van der Waals surface area contributed by atoms with Gasteiger partial charge < -0.3 is 19.1 Å². The van der Waals surface area contributed by atoms with Crippen LogP contribution in [0, 0.1) is 5.82 Å². The number of piperidine rings is 1. The molecule has 3 heterocycles. The molecule has 8 nitrogen and oxygen atoms in total. The lowest BCUT2D eigenvalue weighted by atomic mass is 9.99. The number of fused-ring (bicyclic) bond motifs is 1. The molecule has 1 aromatic heterocycles. The zero-order chi connectivity index (χ0) is 29.6. The standard InChI is InChI=1S/C33H38FN3O5/c1-4-41-29-19-22(20-30(42-5-2)31(29)23-8-10-24(34)11-9-23)21-36-17-14-25(15-18-36)37-16-6-7-27-26(32(37)38)12-13-28(35-27)33(39)40-3/h8-13,19-20,25H,4-7,14-18,21H2,1-3H3. The van der Waals surface area contributed by atoms with Crippen molar-refractivity contribution in [2.45, 2.75) is 52.1 Å². The minimum atomic E-state index is -0.495. The number of rotatable bonds is 9. The summed E-state index contributed by atoms with van der Waals surface area (Å²) in [5.74, 6) is 0.648. The third-order valence-electron chi connectivity index (χ3n) is 7.93. The molecule has 0 aliphatic carbocycles. The van der Waals surface area contributed by atoms with E-state index in [0.717, 1.165) is 67.1 Å². The Hall–Kier alpha value is -3.98. The molecular weight excluding hydrogens is 537 g/mol. The number of esters is 1. The normalized spacial score (nSPS) is 16.1. The summed E-state index contributed by atoms with van der Waals surface area (Å²) in [4.78, 5) is 34.3. The number of methoxy groups -OCH3 is 1. The Balaban J connectivity index is 1.29. The van der Waals surface area contributed by atoms with E-state index in [1.54, 1.807) is 24.3 Å². The van der Waals surface area contributed by atoms with Crippen molar-refractivity contribution >= 4 is 11.9 Å². The van der Waals surface area contributed by atoms with E-state index in [1.165, 1.54) is 19.2 Å². The second-order valence-corrected chi connectivity index (χ2v) is 10.6. The minimum Gasteiger partial charge on any atom is -0.493 e. The van der Waals surface area contributed by atoms with Crippen molar-refractivity contribution in [1.29, 1.82) is 0 Å². The quantitative estimate of drug-likeness (QED) is 0.311. The van der Waals surface area contributed by atoms with Gasteiger partial charge in [-0.05, 0) is 87.1 Å². The summed E-state index contributed by atoms with van der Waals surface area (Å²) in [6.07, 6.45) is 3.20. The van der Waals surface area contributed by atoms with Crippen LogP contribution < -0.4 is 9.47 Å². The molecule has 5 rings (SSSR count). The van der Waals surface area contributed by atoms with Gasteiger partial charge in [-0.3, -0.25) is 9.69 Å². The van der Waals surface area contributed by atoms with Crippen LogP contribution in [0.1, 0.15) is 65.2 Å². The maximum absolute atomic E-state index is 13.6. The first kappa shape index (κ1) is 29.5. The van der Waals surface area contributed by atoms with Gasteiger partial charge in [0.1, 0.15) is 23.0 Å². The number of aromatic nitrogens is 1. The highest BCUT2D eigenvalue weighted by Crippen LogP contribution is 2.40. The smallest absolute Gasteiger partial charge is 0.356 e. The SMILES string of the molecule is CCOc1cc(CN2CCC(N3CCCc4nc(C(=O)OC)ccc4C3=O)CC2)cc(OCC)c1-c1ccc(F)cc1. The van der Waals surface area contributed by atoms with Crippen LogP contribution in [0.4, 0.5) is 4.39 Å². The van der Waals surface area contributed by atoms with Crippen molar-refractivity contribution in [1.82, 2.24) is 14.8 Å². The predicted octanol–water partition coefficient (Wildman–Crippen LogP) is 5.52. The molecule has 0 unspecified atom stereocenters. The van der Waals surface area contributed by atoms with Gasteiger partial charge in [0, 0.05) is 32.2 Å². The highest BCUT2D eigenvalue weighted by Gasteiger charge is 2.32. The van der Waals surface area contributed by atoms with Gasteiger partial charge in [-0.2, -0.15) is 0 Å². The number of aryl methyl sites for hydroxylation is 1. The van der Waals surface area contributed by atoms with Crippen LogP contribution in [0.3, 0.4) is 0 Å². The lowest BCUT2D eigenvalue weighted by Crippen LogP contribution is -2.47. The van der Waals surface area contributed by atoms with E-state index in [1.807, 2.05) is 18.7 Å². The van der Waals surface area contributed by atoms with E-state index < -0.39 is 5.97 Å². The van der Waals surface area contributed by atoms with Crippen molar-refractivity contribution in [2.24, 2.45) is 0 Å². The van der Waals surface area contributed by atoms with Gasteiger partial charge in [0.2, 0.25) is 0 Å². The average molecular weight is 576 g/mol. The van der Waals surface area contributed by atoms with Crippen LogP contribution in [-0.2, 0) is 17.7 Å². The van der Waals surface area contributed by atoms with E-state index in [9.17, 15) is 14.0 Å². The van der Waals surface area contributed by atoms with E-state index >= 15 is 0 Å². The Morgan fingerprint density at radius 2 is 1.64 bits per heavy atom. The highest BCUT2D eigenvalue weighted by atomic mass is 19.1. The second-order valence-electron chi connectivity index (χ2n) is 10.6. The number of hydrogen-bond donors (Lipinski definition) is 0. The first-order valence-electron chi connectivity index (χ1n) is 14.7. The molecule has 9 heteroatoms. The average Bonchev–Trinajstić information content (AvgIpc) is 3.16. The molecule has 0 N–H and O–H groups in total. The molecule has 2 aliphatic rings. The van der Waals surface area contributed by atoms with Crippen LogP contribution in [-0.4, -0.2) is 72.7 Å². The van der Waals surface area contributed by atoms with Crippen LogP contribution in [0.5, 0.6) is 11.5 Å². The summed E-state index contributed by atoms with van der Waals surface area (Å²) in [5, 5.41) is 0. The molecule has 222 valence electrons. The van der Waals surface area contributed by atoms with Crippen LogP contribution in [0.2, 0.25) is 0 Å². The van der Waals surface area contributed by atoms with Crippen molar-refractivity contribution in [3.8, 4) is 22.6 Å². The van der Waals surface area contributed by atoms with Gasteiger partial charge in [-0.25, -0.2) is 14.2 Å². The number of amides is 1. The number of carbonyl (C=O) groups excluding carboxylic acids is 2. The topological polar surface area (TPSA) is 81.2 Å². The molecule has 2 aromatic carbocycles. The summed E-state index contributed by atoms with van der Waals surface area (Å²) in [6.45, 7) is 8.01. The zero-order valence-corrected chi connectivity index (χ0v) is 24.5. The maximum atomic E-state index is 13.6. The largest absolute Gasteiger partial charge is 0.493 e. The number of hydrogen-bond acceptors (Lipinski definition) is 7. The fourth-order valence-electron chi connectivity index (χ4n) is 5.95. The molecule has 0 bridgehead atoms. The van der Waals surface area contributed by atoms with Crippen molar-refractivity contribution in [2.75, 3.05) is 40.0 Å². The molecule has 2 aliphatic heterocycles. The number of nitrogens with zero attached hydrogens (tertiary/aromatic N) is 3. The first-order valence-corrected chi connectivity index (χ1v) is 14.7. The Bertz CT molecular complexity index is 1390. The monoisotopic (exact) mass is 575 g/mol. The summed E-state index contributed by atoms with van der Waals surface area (Å²) in [7, 11) is 1.33. The van der Waals surface area contributed by atoms with Gasteiger partial charge in [0.15, 0.2) is 0 Å². The van der Waals surface area contributed by atoms with Crippen LogP contribution in [0.15, 0.2) is 48.5 Å². The number of likely N-dealkylation sites (tertiary alicyclic amines) is 1. The zero-order valence-electron chi connectivity index (χ0n) is 24.5. The molecular formula is C33H38FN3O5. The molecule has 1 amide bonds. The van der Waals surface area contributed by atoms with Crippen molar-refractivity contribution < 1.29 is 28.2 Å². The van der Waals surface area contributed by atoms with Crippen molar-refractivity contribution in [3.63, 3.8) is 0 Å². The Labute approximate surface area is 246 Å². The molecule has 3 aromatic rings. The number of halogens is 1. The lowest BCUT2D eigenvalue weighted by Gasteiger charge is -2.38. The van der Waals surface area contributed by atoms with Crippen LogP contribution >= 0.6 is 0 Å². The summed E-state index contributed by atoms with van der Waals surface area (Å²) < 4.78 is 30.5. The minimum absolute atomic E-state index is 0.0102. The molecule has 1 fully saturated rings. The van der Waals surface area contributed by atoms with Gasteiger partial charge in [0.05, 0.1) is 37.1 Å². The van der Waals surface area contributed by atoms with E-state index in [-0.39, 0.29) is 23.5 Å². The third-order valence-corrected chi connectivity index (χ3v) is 7.93. The highest BCUT2D eigenvalue weighted by molar-refractivity contribution is 5.97. The van der Waals surface area contributed by atoms with Gasteiger partial charge >= 0.3 is 5.97 Å². The molecule has 0 saturated carbocycles. The van der Waals surface area contributed by atoms with Gasteiger partial charge in [-0.1, -0.05) is 12.1 Å². The van der Waals surface area contributed by atoms with E-state index in [4.69, 9.17) is 14.2 Å². The second kappa shape index (κ2) is 13.3. The van der Waals surface area contributed by atoms with E-state index in [0.29, 0.717) is 37.4 Å². The molecule has 1 saturated heterocycles. The predicted molar refractivity (Wildman–Crippen MR) is 157 cm³/mol. The van der Waals surface area contributed by atoms with Gasteiger partial charge in [-0.15, -0.1) is 0 Å². The molecule has 0 radical (unpaired) electrons. The molecule has 42 heavy (non-hydrogen) atoms. The number of pyridine rings is 1. The molecule has 0 atom stereocenters. The fourth-order valence-corrected chi connectivity index (χ4v) is 5.95. The first-order chi connectivity index (χ1) is 20.4. The fraction of sp³-hybridized carbons (Fsp3) is 0.424. The maximum Gasteiger partial charge on any atom is 0.356 e. The Kier molecular flexibility index (Phi) is 9.37. The third kappa shape index (κ3) is 6.41. The molecule has 0 spiro atoms. The lowest BCUT2D eigenvalue weighted by molar-refractivity contribution is 0.0566. The van der Waals surface area contributed by atoms with E-state index in [2.05, 4.69) is 22.0 Å². The Morgan fingerprint density at radius 3 is 2.26 bits per heavy atom. The summed E-state index contributed by atoms with van der Waals surface area (Å²) >= 11 is 0. The summed E-state index contributed by atoms with van der Waals surface area (Å²) in [5.41, 5.74) is 4.23. The van der Waals surface area contributed by atoms with Crippen molar-refractivity contribution in [3.05, 3.63) is 76.9 Å².